The van der Waals surface area contributed by atoms with Gasteiger partial charge in [-0.15, -0.1) is 0 Å². The Morgan fingerprint density at radius 1 is 1.50 bits per heavy atom. The maximum absolute atomic E-state index is 12.0. The van der Waals surface area contributed by atoms with Gasteiger partial charge in [-0.05, 0) is 6.08 Å². The maximum atomic E-state index is 12.0. The van der Waals surface area contributed by atoms with Crippen LogP contribution in [-0.4, -0.2) is 47.9 Å². The highest BCUT2D eigenvalue weighted by atomic mass is 16.5. The number of amides is 1. The van der Waals surface area contributed by atoms with E-state index in [9.17, 15) is 9.90 Å². The fourth-order valence-electron chi connectivity index (χ4n) is 1.87. The summed E-state index contributed by atoms with van der Waals surface area (Å²) in [6.45, 7) is 2.34. The van der Waals surface area contributed by atoms with Gasteiger partial charge in [0.25, 0.3) is 0 Å². The molecule has 16 heavy (non-hydrogen) atoms. The average Bonchev–Trinajstić information content (AvgIpc) is 2.28. The molecule has 0 aromatic heterocycles. The summed E-state index contributed by atoms with van der Waals surface area (Å²) in [7, 11) is 0. The van der Waals surface area contributed by atoms with Crippen LogP contribution in [0.2, 0.25) is 0 Å². The molecule has 0 spiro atoms. The third kappa shape index (κ3) is 2.49. The third-order valence-corrected chi connectivity index (χ3v) is 2.73. The normalized spacial score (nSPS) is 30.1. The van der Waals surface area contributed by atoms with Crippen LogP contribution in [0.4, 0.5) is 0 Å². The van der Waals surface area contributed by atoms with E-state index in [2.05, 4.69) is 0 Å². The molecule has 0 aromatic rings. The minimum absolute atomic E-state index is 0.0588. The summed E-state index contributed by atoms with van der Waals surface area (Å²) in [6.07, 6.45) is 4.99. The highest BCUT2D eigenvalue weighted by molar-refractivity contribution is 5.94. The number of rotatable bonds is 1. The van der Waals surface area contributed by atoms with Gasteiger partial charge in [0.2, 0.25) is 5.91 Å². The Kier molecular flexibility index (Phi) is 3.09. The van der Waals surface area contributed by atoms with Crippen LogP contribution in [-0.2, 0) is 9.53 Å². The number of nitrogens with zero attached hydrogens (tertiary/aromatic N) is 1. The lowest BCUT2D eigenvalue weighted by atomic mass is 9.97. The zero-order chi connectivity index (χ0) is 11.6. The van der Waals surface area contributed by atoms with Gasteiger partial charge in [0, 0.05) is 25.1 Å². The molecule has 88 valence electrons. The van der Waals surface area contributed by atoms with Crippen molar-refractivity contribution in [2.45, 2.75) is 12.1 Å². The number of nitrogens with two attached hydrogens (primary N) is 1. The minimum atomic E-state index is -1.40. The van der Waals surface area contributed by atoms with E-state index in [-0.39, 0.29) is 12.3 Å². The van der Waals surface area contributed by atoms with Crippen molar-refractivity contribution < 1.29 is 14.6 Å². The third-order valence-electron chi connectivity index (χ3n) is 2.73. The molecule has 1 unspecified atom stereocenters. The Hall–Kier alpha value is -1.17. The summed E-state index contributed by atoms with van der Waals surface area (Å²) in [5, 5.41) is 9.65. The van der Waals surface area contributed by atoms with E-state index in [4.69, 9.17) is 10.5 Å². The van der Waals surface area contributed by atoms with Crippen LogP contribution < -0.4 is 5.73 Å². The highest BCUT2D eigenvalue weighted by Crippen LogP contribution is 2.20. The smallest absolute Gasteiger partial charge is 0.250 e. The fourth-order valence-corrected chi connectivity index (χ4v) is 1.87. The maximum Gasteiger partial charge on any atom is 0.250 e. The second-order valence-corrected chi connectivity index (χ2v) is 4.12. The molecule has 1 atom stereocenters. The van der Waals surface area contributed by atoms with Crippen molar-refractivity contribution >= 4 is 5.91 Å². The monoisotopic (exact) mass is 224 g/mol. The number of ether oxygens (including phenoxy) is 1. The van der Waals surface area contributed by atoms with E-state index < -0.39 is 5.72 Å². The molecular weight excluding hydrogens is 208 g/mol. The predicted molar refractivity (Wildman–Crippen MR) is 58.4 cm³/mol. The first-order chi connectivity index (χ1) is 7.58. The van der Waals surface area contributed by atoms with E-state index in [0.29, 0.717) is 31.9 Å². The largest absolute Gasteiger partial charge is 0.378 e. The van der Waals surface area contributed by atoms with Gasteiger partial charge < -0.3 is 20.5 Å². The lowest BCUT2D eigenvalue weighted by Gasteiger charge is -2.30. The molecule has 1 heterocycles. The van der Waals surface area contributed by atoms with Gasteiger partial charge in [0.05, 0.1) is 13.2 Å². The van der Waals surface area contributed by atoms with Crippen molar-refractivity contribution in [1.29, 1.82) is 0 Å². The first-order valence-corrected chi connectivity index (χ1v) is 5.35. The van der Waals surface area contributed by atoms with Gasteiger partial charge in [-0.25, -0.2) is 0 Å². The second-order valence-electron chi connectivity index (χ2n) is 4.12. The molecule has 1 amide bonds. The molecule has 5 heteroatoms. The summed E-state index contributed by atoms with van der Waals surface area (Å²) < 4.78 is 5.18. The zero-order valence-electron chi connectivity index (χ0n) is 9.06. The summed E-state index contributed by atoms with van der Waals surface area (Å²) in [5.41, 5.74) is 4.72. The van der Waals surface area contributed by atoms with Crippen molar-refractivity contribution in [3.05, 3.63) is 23.8 Å². The topological polar surface area (TPSA) is 75.8 Å². The van der Waals surface area contributed by atoms with Crippen molar-refractivity contribution in [3.8, 4) is 0 Å². The first-order valence-electron chi connectivity index (χ1n) is 5.35. The van der Waals surface area contributed by atoms with Crippen molar-refractivity contribution in [3.63, 3.8) is 0 Å². The fraction of sp³-hybridized carbons (Fsp3) is 0.545. The first kappa shape index (κ1) is 11.3. The molecule has 0 bridgehead atoms. The Labute approximate surface area is 94.2 Å². The number of carbonyl (C=O) groups excluding carboxylic acids is 1. The molecule has 1 aliphatic carbocycles. The number of hydrogen-bond donors (Lipinski definition) is 2. The molecule has 1 fully saturated rings. The lowest BCUT2D eigenvalue weighted by Crippen LogP contribution is -2.45. The molecule has 2 aliphatic rings. The Morgan fingerprint density at radius 3 is 2.81 bits per heavy atom. The Balaban J connectivity index is 2.04. The predicted octanol–water partition coefficient (Wildman–Crippen LogP) is -0.621. The summed E-state index contributed by atoms with van der Waals surface area (Å²) >= 11 is 0. The van der Waals surface area contributed by atoms with Crippen molar-refractivity contribution in [1.82, 2.24) is 4.90 Å². The Bertz CT molecular complexity index is 341. The molecule has 3 N–H and O–H groups in total. The van der Waals surface area contributed by atoms with Crippen LogP contribution in [0.1, 0.15) is 6.42 Å². The van der Waals surface area contributed by atoms with Gasteiger partial charge in [0.1, 0.15) is 5.72 Å². The molecule has 5 nitrogen and oxygen atoms in total. The van der Waals surface area contributed by atoms with Gasteiger partial charge in [-0.3, -0.25) is 4.79 Å². The van der Waals surface area contributed by atoms with Gasteiger partial charge in [0.15, 0.2) is 0 Å². The molecule has 2 rings (SSSR count). The highest BCUT2D eigenvalue weighted by Gasteiger charge is 2.28. The summed E-state index contributed by atoms with van der Waals surface area (Å²) in [4.78, 5) is 13.8. The van der Waals surface area contributed by atoms with E-state index >= 15 is 0 Å². The molecule has 0 aromatic carbocycles. The summed E-state index contributed by atoms with van der Waals surface area (Å²) in [5.74, 6) is -0.0588. The van der Waals surface area contributed by atoms with E-state index in [0.717, 1.165) is 0 Å². The SMILES string of the molecule is NC1(O)C=CC=C(C(=O)N2CCOCC2)C1. The van der Waals surface area contributed by atoms with Crippen LogP contribution in [0.5, 0.6) is 0 Å². The van der Waals surface area contributed by atoms with Gasteiger partial charge >= 0.3 is 0 Å². The van der Waals surface area contributed by atoms with Crippen LogP contribution in [0.3, 0.4) is 0 Å². The number of carbonyl (C=O) groups is 1. The minimum Gasteiger partial charge on any atom is -0.378 e. The van der Waals surface area contributed by atoms with Crippen LogP contribution in [0.15, 0.2) is 23.8 Å². The average molecular weight is 224 g/mol. The second kappa shape index (κ2) is 4.37. The molecule has 0 saturated carbocycles. The number of hydrogen-bond acceptors (Lipinski definition) is 4. The lowest BCUT2D eigenvalue weighted by molar-refractivity contribution is -0.131. The van der Waals surface area contributed by atoms with Gasteiger partial charge in [-0.1, -0.05) is 12.2 Å². The zero-order valence-corrected chi connectivity index (χ0v) is 9.06. The molecule has 0 radical (unpaired) electrons. The van der Waals surface area contributed by atoms with Gasteiger partial charge in [-0.2, -0.15) is 0 Å². The van der Waals surface area contributed by atoms with E-state index in [1.807, 2.05) is 0 Å². The van der Waals surface area contributed by atoms with E-state index in [1.54, 1.807) is 17.1 Å². The molecular formula is C11H16N2O3. The molecule has 1 saturated heterocycles. The van der Waals surface area contributed by atoms with Crippen molar-refractivity contribution in [2.75, 3.05) is 26.3 Å². The standard InChI is InChI=1S/C11H16N2O3/c12-11(15)3-1-2-9(8-11)10(14)13-4-6-16-7-5-13/h1-3,15H,4-8,12H2. The number of aliphatic hydroxyl groups is 1. The van der Waals surface area contributed by atoms with E-state index in [1.165, 1.54) is 6.08 Å². The van der Waals surface area contributed by atoms with Crippen LogP contribution in [0.25, 0.3) is 0 Å². The number of allylic oxidation sites excluding steroid dienone is 2. The molecule has 1 aliphatic heterocycles. The van der Waals surface area contributed by atoms with Crippen LogP contribution in [0, 0.1) is 0 Å². The van der Waals surface area contributed by atoms with Crippen molar-refractivity contribution in [2.24, 2.45) is 5.73 Å². The quantitative estimate of drug-likeness (QED) is 0.582. The number of morpholine rings is 1. The van der Waals surface area contributed by atoms with Crippen LogP contribution >= 0.6 is 0 Å². The summed E-state index contributed by atoms with van der Waals surface area (Å²) in [6, 6.07) is 0. The Morgan fingerprint density at radius 2 is 2.19 bits per heavy atom.